The number of amides is 2. The molecule has 1 saturated heterocycles. The molecule has 3 heterocycles. The first-order chi connectivity index (χ1) is 15.1. The van der Waals surface area contributed by atoms with Crippen molar-refractivity contribution in [2.75, 3.05) is 26.2 Å². The van der Waals surface area contributed by atoms with Gasteiger partial charge < -0.3 is 19.6 Å². The quantitative estimate of drug-likeness (QED) is 0.572. The lowest BCUT2D eigenvalue weighted by Gasteiger charge is -2.35. The molecule has 0 bridgehead atoms. The van der Waals surface area contributed by atoms with Crippen LogP contribution in [0.2, 0.25) is 0 Å². The second kappa shape index (κ2) is 7.95. The van der Waals surface area contributed by atoms with E-state index in [0.29, 0.717) is 11.1 Å². The number of oxazole rings is 1. The smallest absolute Gasteiger partial charge is 0.408 e. The van der Waals surface area contributed by atoms with Gasteiger partial charge in [0, 0.05) is 39.4 Å². The second-order valence-electron chi connectivity index (χ2n) is 7.65. The SMILES string of the molecule is CC(C(=O)N1CCN(S(=O)(=O)c2cc(C(N)=O)n(C)c2)CC1)n1c(=O)oc2ccccc21. The van der Waals surface area contributed by atoms with E-state index in [1.54, 1.807) is 38.2 Å². The van der Waals surface area contributed by atoms with E-state index in [2.05, 4.69) is 0 Å². The van der Waals surface area contributed by atoms with E-state index >= 15 is 0 Å². The summed E-state index contributed by atoms with van der Waals surface area (Å²) >= 11 is 0. The first-order valence-corrected chi connectivity index (χ1v) is 11.4. The molecule has 1 aliphatic rings. The molecule has 3 aromatic rings. The number of rotatable bonds is 5. The first kappa shape index (κ1) is 21.8. The van der Waals surface area contributed by atoms with Crippen molar-refractivity contribution < 1.29 is 22.4 Å². The second-order valence-corrected chi connectivity index (χ2v) is 9.59. The number of hydrogen-bond donors (Lipinski definition) is 1. The average Bonchev–Trinajstić information content (AvgIpc) is 3.32. The van der Waals surface area contributed by atoms with Gasteiger partial charge in [-0.15, -0.1) is 0 Å². The Labute approximate surface area is 183 Å². The lowest BCUT2D eigenvalue weighted by Crippen LogP contribution is -2.52. The molecule has 1 atom stereocenters. The summed E-state index contributed by atoms with van der Waals surface area (Å²) in [5, 5.41) is 0. The fourth-order valence-electron chi connectivity index (χ4n) is 3.94. The monoisotopic (exact) mass is 461 g/mol. The molecule has 2 amide bonds. The Bertz CT molecular complexity index is 1360. The van der Waals surface area contributed by atoms with E-state index in [4.69, 9.17) is 10.2 Å². The molecule has 1 fully saturated rings. The summed E-state index contributed by atoms with van der Waals surface area (Å²) < 4.78 is 35.1. The third kappa shape index (κ3) is 3.60. The van der Waals surface area contributed by atoms with Crippen LogP contribution in [-0.2, 0) is 21.9 Å². The van der Waals surface area contributed by atoms with Crippen molar-refractivity contribution in [2.45, 2.75) is 17.9 Å². The summed E-state index contributed by atoms with van der Waals surface area (Å²) in [6, 6.07) is 7.29. The molecular formula is C20H23N5O6S. The molecule has 0 aliphatic carbocycles. The molecule has 0 radical (unpaired) electrons. The number of hydrogen-bond acceptors (Lipinski definition) is 6. The van der Waals surface area contributed by atoms with Gasteiger partial charge >= 0.3 is 5.76 Å². The molecule has 170 valence electrons. The topological polar surface area (TPSA) is 141 Å². The summed E-state index contributed by atoms with van der Waals surface area (Å²) in [7, 11) is -2.31. The number of nitrogens with zero attached hydrogens (tertiary/aromatic N) is 4. The number of carbonyl (C=O) groups is 2. The highest BCUT2D eigenvalue weighted by Crippen LogP contribution is 2.22. The Balaban J connectivity index is 1.49. The maximum absolute atomic E-state index is 13.0. The fraction of sp³-hybridized carbons (Fsp3) is 0.350. The van der Waals surface area contributed by atoms with Crippen molar-refractivity contribution in [3.8, 4) is 0 Å². The summed E-state index contributed by atoms with van der Waals surface area (Å²) in [5.74, 6) is -1.64. The van der Waals surface area contributed by atoms with Crippen LogP contribution in [0.5, 0.6) is 0 Å². The van der Waals surface area contributed by atoms with Gasteiger partial charge in [0.1, 0.15) is 16.6 Å². The van der Waals surface area contributed by atoms with Gasteiger partial charge in [-0.05, 0) is 25.1 Å². The third-order valence-electron chi connectivity index (χ3n) is 5.68. The molecule has 32 heavy (non-hydrogen) atoms. The Kier molecular flexibility index (Phi) is 5.42. The molecule has 2 N–H and O–H groups in total. The molecule has 11 nitrogen and oxygen atoms in total. The van der Waals surface area contributed by atoms with Crippen molar-refractivity contribution in [3.63, 3.8) is 0 Å². The fourth-order valence-corrected chi connectivity index (χ4v) is 5.44. The number of para-hydroxylation sites is 2. The minimum absolute atomic E-state index is 0.0293. The van der Waals surface area contributed by atoms with Gasteiger partial charge in [0.05, 0.1) is 5.52 Å². The summed E-state index contributed by atoms with van der Waals surface area (Å²) in [6.45, 7) is 2.13. The van der Waals surface area contributed by atoms with Crippen LogP contribution in [0.3, 0.4) is 0 Å². The largest absolute Gasteiger partial charge is 0.420 e. The molecule has 0 spiro atoms. The number of piperazine rings is 1. The molecule has 4 rings (SSSR count). The normalized spacial score (nSPS) is 16.4. The first-order valence-electron chi connectivity index (χ1n) is 9.96. The van der Waals surface area contributed by atoms with E-state index in [1.807, 2.05) is 0 Å². The van der Waals surface area contributed by atoms with E-state index in [1.165, 1.54) is 30.6 Å². The predicted molar refractivity (Wildman–Crippen MR) is 114 cm³/mol. The van der Waals surface area contributed by atoms with Crippen molar-refractivity contribution >= 4 is 32.9 Å². The number of aryl methyl sites for hydroxylation is 1. The van der Waals surface area contributed by atoms with Gasteiger partial charge in [0.15, 0.2) is 5.58 Å². The Morgan fingerprint density at radius 2 is 1.78 bits per heavy atom. The number of carbonyl (C=O) groups excluding carboxylic acids is 2. The number of fused-ring (bicyclic) bond motifs is 1. The van der Waals surface area contributed by atoms with Crippen LogP contribution in [0, 0.1) is 0 Å². The zero-order valence-corrected chi connectivity index (χ0v) is 18.4. The van der Waals surface area contributed by atoms with Crippen LogP contribution in [0.15, 0.2) is 50.6 Å². The summed E-state index contributed by atoms with van der Waals surface area (Å²) in [6.07, 6.45) is 1.34. The van der Waals surface area contributed by atoms with Crippen LogP contribution < -0.4 is 11.5 Å². The lowest BCUT2D eigenvalue weighted by molar-refractivity contribution is -0.135. The highest BCUT2D eigenvalue weighted by molar-refractivity contribution is 7.89. The number of benzene rings is 1. The van der Waals surface area contributed by atoms with Crippen molar-refractivity contribution in [3.05, 3.63) is 52.8 Å². The van der Waals surface area contributed by atoms with Gasteiger partial charge in [0.2, 0.25) is 15.9 Å². The number of primary amides is 1. The zero-order valence-electron chi connectivity index (χ0n) is 17.6. The summed E-state index contributed by atoms with van der Waals surface area (Å²) in [5.41, 5.74) is 6.28. The van der Waals surface area contributed by atoms with Crippen LogP contribution in [0.25, 0.3) is 11.1 Å². The van der Waals surface area contributed by atoms with Crippen molar-refractivity contribution in [1.82, 2.24) is 18.3 Å². The van der Waals surface area contributed by atoms with E-state index in [9.17, 15) is 22.8 Å². The molecule has 1 unspecified atom stereocenters. The van der Waals surface area contributed by atoms with Crippen LogP contribution >= 0.6 is 0 Å². The standard InChI is InChI=1S/C20H23N5O6S/c1-13(25-15-5-3-4-6-17(15)31-20(25)28)19(27)23-7-9-24(10-8-23)32(29,30)14-11-16(18(21)26)22(2)12-14/h3-6,11-13H,7-10H2,1-2H3,(H2,21,26). The molecule has 1 aromatic carbocycles. The van der Waals surface area contributed by atoms with Gasteiger partial charge in [0.25, 0.3) is 5.91 Å². The van der Waals surface area contributed by atoms with Crippen LogP contribution in [0.1, 0.15) is 23.5 Å². The Morgan fingerprint density at radius 3 is 2.41 bits per heavy atom. The lowest BCUT2D eigenvalue weighted by atomic mass is 10.2. The molecule has 1 aliphatic heterocycles. The van der Waals surface area contributed by atoms with Crippen molar-refractivity contribution in [1.29, 1.82) is 0 Å². The zero-order chi connectivity index (χ0) is 23.2. The predicted octanol–water partition coefficient (Wildman–Crippen LogP) is 0.126. The van der Waals surface area contributed by atoms with Crippen molar-refractivity contribution in [2.24, 2.45) is 12.8 Å². The van der Waals surface area contributed by atoms with Crippen LogP contribution in [-0.4, -0.2) is 64.8 Å². The minimum Gasteiger partial charge on any atom is -0.408 e. The van der Waals surface area contributed by atoms with E-state index < -0.39 is 27.7 Å². The van der Waals surface area contributed by atoms with Gasteiger partial charge in [-0.25, -0.2) is 13.2 Å². The number of aromatic nitrogens is 2. The average molecular weight is 462 g/mol. The minimum atomic E-state index is -3.85. The van der Waals surface area contributed by atoms with Gasteiger partial charge in [-0.1, -0.05) is 12.1 Å². The highest BCUT2D eigenvalue weighted by atomic mass is 32.2. The molecule has 0 saturated carbocycles. The maximum Gasteiger partial charge on any atom is 0.420 e. The maximum atomic E-state index is 13.0. The molecule has 2 aromatic heterocycles. The van der Waals surface area contributed by atoms with Crippen LogP contribution in [0.4, 0.5) is 0 Å². The summed E-state index contributed by atoms with van der Waals surface area (Å²) in [4.78, 5) is 38.3. The molecule has 12 heteroatoms. The number of sulfonamides is 1. The van der Waals surface area contributed by atoms with E-state index in [-0.39, 0.29) is 42.7 Å². The van der Waals surface area contributed by atoms with E-state index in [0.717, 1.165) is 0 Å². The molecular weight excluding hydrogens is 438 g/mol. The van der Waals surface area contributed by atoms with Gasteiger partial charge in [-0.3, -0.25) is 14.2 Å². The highest BCUT2D eigenvalue weighted by Gasteiger charge is 2.33. The number of nitrogens with two attached hydrogens (primary N) is 1. The Morgan fingerprint density at radius 1 is 1.12 bits per heavy atom. The van der Waals surface area contributed by atoms with Gasteiger partial charge in [-0.2, -0.15) is 4.31 Å². The third-order valence-corrected chi connectivity index (χ3v) is 7.55. The Hall–Kier alpha value is -3.38.